The molecular formula is C15H15ClN6O2. The van der Waals surface area contributed by atoms with Crippen molar-refractivity contribution in [3.05, 3.63) is 41.9 Å². The topological polar surface area (TPSA) is 91.3 Å². The van der Waals surface area contributed by atoms with E-state index in [1.807, 2.05) is 4.90 Å². The highest BCUT2D eigenvalue weighted by molar-refractivity contribution is 6.41. The van der Waals surface area contributed by atoms with Crippen LogP contribution in [0, 0.1) is 0 Å². The summed E-state index contributed by atoms with van der Waals surface area (Å²) >= 11 is 5.87. The zero-order chi connectivity index (χ0) is 16.9. The first-order valence-corrected chi connectivity index (χ1v) is 7.75. The smallest absolute Gasteiger partial charge is 0.313 e. The van der Waals surface area contributed by atoms with Gasteiger partial charge in [0.2, 0.25) is 5.95 Å². The van der Waals surface area contributed by atoms with Gasteiger partial charge in [0.25, 0.3) is 0 Å². The number of nitrogens with one attached hydrogen (secondary N) is 1. The van der Waals surface area contributed by atoms with E-state index in [0.29, 0.717) is 37.8 Å². The van der Waals surface area contributed by atoms with E-state index < -0.39 is 11.8 Å². The minimum atomic E-state index is -0.727. The van der Waals surface area contributed by atoms with E-state index in [4.69, 9.17) is 11.6 Å². The van der Waals surface area contributed by atoms with Crippen LogP contribution in [0.5, 0.6) is 0 Å². The standard InChI is InChI=1S/C15H15ClN6O2/c16-12-11(3-1-4-17-12)20-13(23)14(24)21-7-9-22(10-8-21)15-18-5-2-6-19-15/h1-6H,7-10H2,(H,20,23). The second-order valence-electron chi connectivity index (χ2n) is 5.12. The van der Waals surface area contributed by atoms with Gasteiger partial charge in [0.15, 0.2) is 5.15 Å². The molecule has 1 fully saturated rings. The fraction of sp³-hybridized carbons (Fsp3) is 0.267. The summed E-state index contributed by atoms with van der Waals surface area (Å²) in [6, 6.07) is 4.97. The van der Waals surface area contributed by atoms with Crippen molar-refractivity contribution in [3.8, 4) is 0 Å². The Bertz CT molecular complexity index is 734. The number of aromatic nitrogens is 3. The van der Waals surface area contributed by atoms with Crippen molar-refractivity contribution in [2.45, 2.75) is 0 Å². The maximum Gasteiger partial charge on any atom is 0.313 e. The molecule has 0 saturated carbocycles. The van der Waals surface area contributed by atoms with Gasteiger partial charge in [-0.2, -0.15) is 0 Å². The Labute approximate surface area is 143 Å². The van der Waals surface area contributed by atoms with Crippen molar-refractivity contribution < 1.29 is 9.59 Å². The van der Waals surface area contributed by atoms with Crippen molar-refractivity contribution in [1.82, 2.24) is 19.9 Å². The van der Waals surface area contributed by atoms with Gasteiger partial charge in [-0.1, -0.05) is 11.6 Å². The molecule has 124 valence electrons. The Morgan fingerprint density at radius 1 is 1.00 bits per heavy atom. The van der Waals surface area contributed by atoms with E-state index >= 15 is 0 Å². The quantitative estimate of drug-likeness (QED) is 0.639. The highest BCUT2D eigenvalue weighted by Crippen LogP contribution is 2.17. The fourth-order valence-electron chi connectivity index (χ4n) is 2.36. The molecular weight excluding hydrogens is 332 g/mol. The van der Waals surface area contributed by atoms with Crippen molar-refractivity contribution >= 4 is 35.1 Å². The van der Waals surface area contributed by atoms with Gasteiger partial charge in [-0.3, -0.25) is 9.59 Å². The number of halogens is 1. The Hall–Kier alpha value is -2.74. The summed E-state index contributed by atoms with van der Waals surface area (Å²) in [6.07, 6.45) is 4.85. The first-order chi connectivity index (χ1) is 11.6. The number of pyridine rings is 1. The highest BCUT2D eigenvalue weighted by atomic mass is 35.5. The van der Waals surface area contributed by atoms with Gasteiger partial charge >= 0.3 is 11.8 Å². The van der Waals surface area contributed by atoms with Crippen LogP contribution in [0.15, 0.2) is 36.8 Å². The summed E-state index contributed by atoms with van der Waals surface area (Å²) in [4.78, 5) is 40.0. The van der Waals surface area contributed by atoms with Gasteiger partial charge in [0.05, 0.1) is 5.69 Å². The number of rotatable bonds is 2. The number of hydrogen-bond acceptors (Lipinski definition) is 6. The summed E-state index contributed by atoms with van der Waals surface area (Å²) in [6.45, 7) is 1.98. The van der Waals surface area contributed by atoms with Gasteiger partial charge < -0.3 is 15.1 Å². The lowest BCUT2D eigenvalue weighted by molar-refractivity contribution is -0.143. The molecule has 1 N–H and O–H groups in total. The van der Waals surface area contributed by atoms with Crippen LogP contribution in [-0.4, -0.2) is 57.8 Å². The lowest BCUT2D eigenvalue weighted by Gasteiger charge is -2.34. The molecule has 2 aromatic rings. The predicted molar refractivity (Wildman–Crippen MR) is 88.7 cm³/mol. The van der Waals surface area contributed by atoms with Crippen LogP contribution in [0.3, 0.4) is 0 Å². The van der Waals surface area contributed by atoms with Crippen LogP contribution in [0.2, 0.25) is 5.15 Å². The lowest BCUT2D eigenvalue weighted by atomic mass is 10.3. The van der Waals surface area contributed by atoms with Crippen molar-refractivity contribution in [3.63, 3.8) is 0 Å². The van der Waals surface area contributed by atoms with E-state index in [9.17, 15) is 9.59 Å². The second kappa shape index (κ2) is 7.22. The molecule has 2 aromatic heterocycles. The van der Waals surface area contributed by atoms with Gasteiger partial charge in [0.1, 0.15) is 0 Å². The molecule has 0 aromatic carbocycles. The fourth-order valence-corrected chi connectivity index (χ4v) is 2.53. The van der Waals surface area contributed by atoms with Crippen molar-refractivity contribution in [1.29, 1.82) is 0 Å². The lowest BCUT2D eigenvalue weighted by Crippen LogP contribution is -2.52. The van der Waals surface area contributed by atoms with Gasteiger partial charge in [-0.05, 0) is 18.2 Å². The molecule has 1 aliphatic rings. The maximum atomic E-state index is 12.3. The molecule has 0 atom stereocenters. The summed E-state index contributed by atoms with van der Waals surface area (Å²) < 4.78 is 0. The molecule has 24 heavy (non-hydrogen) atoms. The zero-order valence-electron chi connectivity index (χ0n) is 12.7. The molecule has 3 rings (SSSR count). The summed E-state index contributed by atoms with van der Waals surface area (Å²) in [5.74, 6) is -0.700. The Morgan fingerprint density at radius 2 is 1.67 bits per heavy atom. The number of piperazine rings is 1. The second-order valence-corrected chi connectivity index (χ2v) is 5.48. The number of nitrogens with zero attached hydrogens (tertiary/aromatic N) is 5. The van der Waals surface area contributed by atoms with Gasteiger partial charge in [-0.15, -0.1) is 0 Å². The van der Waals surface area contributed by atoms with Crippen molar-refractivity contribution in [2.75, 3.05) is 36.4 Å². The minimum Gasteiger partial charge on any atom is -0.337 e. The molecule has 0 aliphatic carbocycles. The number of anilines is 2. The van der Waals surface area contributed by atoms with Crippen LogP contribution >= 0.6 is 11.6 Å². The third-order valence-electron chi connectivity index (χ3n) is 3.60. The average Bonchev–Trinajstić information content (AvgIpc) is 2.64. The largest absolute Gasteiger partial charge is 0.337 e. The molecule has 0 radical (unpaired) electrons. The summed E-state index contributed by atoms with van der Waals surface area (Å²) in [7, 11) is 0. The summed E-state index contributed by atoms with van der Waals surface area (Å²) in [5.41, 5.74) is 0.314. The minimum absolute atomic E-state index is 0.143. The van der Waals surface area contributed by atoms with Crippen LogP contribution in [0.4, 0.5) is 11.6 Å². The molecule has 0 spiro atoms. The third-order valence-corrected chi connectivity index (χ3v) is 3.90. The maximum absolute atomic E-state index is 12.3. The SMILES string of the molecule is O=C(Nc1cccnc1Cl)C(=O)N1CCN(c2ncccn2)CC1. The monoisotopic (exact) mass is 346 g/mol. The number of carbonyl (C=O) groups is 2. The van der Waals surface area contributed by atoms with Gasteiger partial charge in [0, 0.05) is 44.8 Å². The molecule has 0 unspecified atom stereocenters. The molecule has 2 amide bonds. The van der Waals surface area contributed by atoms with E-state index in [1.165, 1.54) is 11.1 Å². The molecule has 3 heterocycles. The Kier molecular flexibility index (Phi) is 4.85. The normalized spacial score (nSPS) is 14.4. The molecule has 0 bridgehead atoms. The van der Waals surface area contributed by atoms with E-state index in [2.05, 4.69) is 20.3 Å². The molecule has 1 aliphatic heterocycles. The van der Waals surface area contributed by atoms with Crippen molar-refractivity contribution in [2.24, 2.45) is 0 Å². The average molecular weight is 347 g/mol. The molecule has 1 saturated heterocycles. The highest BCUT2D eigenvalue weighted by Gasteiger charge is 2.27. The van der Waals surface area contributed by atoms with Crippen LogP contribution in [0.1, 0.15) is 0 Å². The number of amides is 2. The molecule has 9 heteroatoms. The summed E-state index contributed by atoms with van der Waals surface area (Å²) in [5, 5.41) is 2.63. The number of hydrogen-bond donors (Lipinski definition) is 1. The van der Waals surface area contributed by atoms with E-state index in [0.717, 1.165) is 0 Å². The van der Waals surface area contributed by atoms with Crippen LogP contribution < -0.4 is 10.2 Å². The molecule has 8 nitrogen and oxygen atoms in total. The Balaban J connectivity index is 1.57. The van der Waals surface area contributed by atoms with Crippen LogP contribution in [0.25, 0.3) is 0 Å². The zero-order valence-corrected chi connectivity index (χ0v) is 13.5. The van der Waals surface area contributed by atoms with E-state index in [1.54, 1.807) is 30.6 Å². The number of carbonyl (C=O) groups excluding carboxylic acids is 2. The third kappa shape index (κ3) is 3.60. The first-order valence-electron chi connectivity index (χ1n) is 7.38. The first kappa shape index (κ1) is 16.1. The Morgan fingerprint density at radius 3 is 2.33 bits per heavy atom. The van der Waals surface area contributed by atoms with Crippen LogP contribution in [-0.2, 0) is 9.59 Å². The van der Waals surface area contributed by atoms with Gasteiger partial charge in [-0.25, -0.2) is 15.0 Å². The predicted octanol–water partition coefficient (Wildman–Crippen LogP) is 0.812. The van der Waals surface area contributed by atoms with E-state index in [-0.39, 0.29) is 5.15 Å².